The summed E-state index contributed by atoms with van der Waals surface area (Å²) in [4.78, 5) is 15.3. The normalized spacial score (nSPS) is 19.7. The summed E-state index contributed by atoms with van der Waals surface area (Å²) in [5.74, 6) is 1.55. The Hall–Kier alpha value is -3.09. The molecule has 0 radical (unpaired) electrons. The van der Waals surface area contributed by atoms with Crippen LogP contribution in [0.15, 0.2) is 73.5 Å². The van der Waals surface area contributed by atoms with Crippen LogP contribution in [0.1, 0.15) is 37.1 Å². The van der Waals surface area contributed by atoms with Gasteiger partial charge in [0, 0.05) is 70.5 Å². The third kappa shape index (κ3) is 5.92. The van der Waals surface area contributed by atoms with Gasteiger partial charge in [0.15, 0.2) is 5.82 Å². The minimum absolute atomic E-state index is 0.563. The number of allylic oxidation sites excluding steroid dienone is 1. The largest absolute Gasteiger partial charge is 0.372 e. The van der Waals surface area contributed by atoms with Crippen LogP contribution < -0.4 is 0 Å². The lowest BCUT2D eigenvalue weighted by atomic mass is 9.92. The van der Waals surface area contributed by atoms with Crippen molar-refractivity contribution in [3.05, 3.63) is 84.8 Å². The summed E-state index contributed by atoms with van der Waals surface area (Å²) in [6, 6.07) is 19.1. The molecular weight excluding hydrogens is 480 g/mol. The van der Waals surface area contributed by atoms with E-state index in [1.165, 1.54) is 68.9 Å². The molecular formula is C33H44N6. The topological polar surface area (TPSA) is 30.8 Å². The summed E-state index contributed by atoms with van der Waals surface area (Å²) in [5.41, 5.74) is 5.88. The molecule has 6 heteroatoms. The predicted molar refractivity (Wildman–Crippen MR) is 161 cm³/mol. The summed E-state index contributed by atoms with van der Waals surface area (Å²) >= 11 is 0. The van der Waals surface area contributed by atoms with E-state index in [1.54, 1.807) is 0 Å². The van der Waals surface area contributed by atoms with Crippen LogP contribution in [0.5, 0.6) is 0 Å². The van der Waals surface area contributed by atoms with Crippen molar-refractivity contribution in [2.45, 2.75) is 32.2 Å². The molecule has 0 aliphatic carbocycles. The van der Waals surface area contributed by atoms with Crippen molar-refractivity contribution in [3.63, 3.8) is 0 Å². The Kier molecular flexibility index (Phi) is 8.03. The van der Waals surface area contributed by atoms with Gasteiger partial charge in [0.1, 0.15) is 0 Å². The second-order valence-electron chi connectivity index (χ2n) is 11.6. The van der Waals surface area contributed by atoms with Crippen molar-refractivity contribution >= 4 is 16.7 Å². The number of likely N-dealkylation sites (tertiary alicyclic amines) is 2. The molecule has 1 aromatic heterocycles. The van der Waals surface area contributed by atoms with E-state index in [0.29, 0.717) is 5.92 Å². The highest BCUT2D eigenvalue weighted by Gasteiger charge is 2.28. The van der Waals surface area contributed by atoms with Gasteiger partial charge < -0.3 is 19.3 Å². The molecule has 206 valence electrons. The fourth-order valence-electron chi connectivity index (χ4n) is 6.65. The molecule has 6 rings (SSSR count). The monoisotopic (exact) mass is 524 g/mol. The molecule has 0 bridgehead atoms. The number of benzene rings is 2. The smallest absolute Gasteiger partial charge is 0.157 e. The molecule has 0 unspecified atom stereocenters. The van der Waals surface area contributed by atoms with Crippen molar-refractivity contribution < 1.29 is 0 Å². The number of rotatable bonds is 9. The van der Waals surface area contributed by atoms with Crippen molar-refractivity contribution in [3.8, 4) is 0 Å². The van der Waals surface area contributed by atoms with Crippen LogP contribution in [0.25, 0.3) is 16.7 Å². The third-order valence-electron chi connectivity index (χ3n) is 9.15. The fourth-order valence-corrected chi connectivity index (χ4v) is 6.65. The summed E-state index contributed by atoms with van der Waals surface area (Å²) in [5, 5.41) is 0. The zero-order valence-electron chi connectivity index (χ0n) is 23.5. The van der Waals surface area contributed by atoms with E-state index in [0.717, 1.165) is 62.6 Å². The Morgan fingerprint density at radius 2 is 1.36 bits per heavy atom. The lowest BCUT2D eigenvalue weighted by Crippen LogP contribution is -2.49. The van der Waals surface area contributed by atoms with Crippen LogP contribution in [0.2, 0.25) is 0 Å². The van der Waals surface area contributed by atoms with Crippen LogP contribution in [0, 0.1) is 5.92 Å². The molecule has 0 amide bonds. The summed E-state index contributed by atoms with van der Waals surface area (Å²) < 4.78 is 2.33. The SMILES string of the molecule is C=C(c1nc2ccccc2n1Cc1ccccc1)N1CCC(C(=C)N2CCN(CCN3CCCC3)CC2)CC1. The standard InChI is InChI=1S/C33H44N6/c1-27(38-24-22-36(23-25-38)21-20-35-16-8-9-17-35)30-14-18-37(19-15-30)28(2)33-34-31-12-6-7-13-32(31)39(33)26-29-10-4-3-5-11-29/h3-7,10-13,30H,1-2,8-9,14-26H2. The van der Waals surface area contributed by atoms with Gasteiger partial charge in [-0.05, 0) is 56.5 Å². The number of hydrogen-bond donors (Lipinski definition) is 0. The van der Waals surface area contributed by atoms with Gasteiger partial charge in [-0.1, -0.05) is 55.6 Å². The maximum absolute atomic E-state index is 5.05. The molecule has 0 atom stereocenters. The maximum atomic E-state index is 5.05. The van der Waals surface area contributed by atoms with E-state index in [-0.39, 0.29) is 0 Å². The van der Waals surface area contributed by atoms with Gasteiger partial charge in [-0.2, -0.15) is 0 Å². The zero-order chi connectivity index (χ0) is 26.6. The number of piperidine rings is 1. The second kappa shape index (κ2) is 12.0. The molecule has 0 spiro atoms. The van der Waals surface area contributed by atoms with Crippen molar-refractivity contribution in [2.24, 2.45) is 5.92 Å². The average Bonchev–Trinajstić information content (AvgIpc) is 3.65. The lowest BCUT2D eigenvalue weighted by Gasteiger charge is -2.42. The van der Waals surface area contributed by atoms with E-state index >= 15 is 0 Å². The molecule has 3 aromatic rings. The van der Waals surface area contributed by atoms with E-state index in [1.807, 2.05) is 0 Å². The minimum atomic E-state index is 0.563. The van der Waals surface area contributed by atoms with Gasteiger partial charge in [0.25, 0.3) is 0 Å². The van der Waals surface area contributed by atoms with Crippen LogP contribution in [0.4, 0.5) is 0 Å². The van der Waals surface area contributed by atoms with Gasteiger partial charge in [-0.25, -0.2) is 4.98 Å². The molecule has 6 nitrogen and oxygen atoms in total. The van der Waals surface area contributed by atoms with Crippen molar-refractivity contribution in [1.82, 2.24) is 29.2 Å². The Bertz CT molecular complexity index is 1260. The first-order valence-electron chi connectivity index (χ1n) is 15.0. The highest BCUT2D eigenvalue weighted by Crippen LogP contribution is 2.31. The number of hydrogen-bond acceptors (Lipinski definition) is 5. The van der Waals surface area contributed by atoms with Gasteiger partial charge >= 0.3 is 0 Å². The highest BCUT2D eigenvalue weighted by molar-refractivity contribution is 5.79. The number of fused-ring (bicyclic) bond motifs is 1. The Morgan fingerprint density at radius 1 is 0.718 bits per heavy atom. The van der Waals surface area contributed by atoms with E-state index in [9.17, 15) is 0 Å². The van der Waals surface area contributed by atoms with Gasteiger partial charge in [-0.15, -0.1) is 0 Å². The van der Waals surface area contributed by atoms with Crippen molar-refractivity contribution in [2.75, 3.05) is 65.4 Å². The molecule has 3 fully saturated rings. The summed E-state index contributed by atoms with van der Waals surface area (Å²) in [6.45, 7) is 21.6. The minimum Gasteiger partial charge on any atom is -0.372 e. The first-order valence-corrected chi connectivity index (χ1v) is 15.0. The van der Waals surface area contributed by atoms with E-state index in [4.69, 9.17) is 4.98 Å². The summed E-state index contributed by atoms with van der Waals surface area (Å²) in [6.07, 6.45) is 5.03. The van der Waals surface area contributed by atoms with Crippen LogP contribution in [0.3, 0.4) is 0 Å². The molecule has 4 heterocycles. The van der Waals surface area contributed by atoms with Gasteiger partial charge in [0.2, 0.25) is 0 Å². The van der Waals surface area contributed by atoms with E-state index in [2.05, 4.69) is 91.9 Å². The van der Waals surface area contributed by atoms with E-state index < -0.39 is 0 Å². The number of piperazine rings is 1. The van der Waals surface area contributed by atoms with Crippen LogP contribution >= 0.6 is 0 Å². The Morgan fingerprint density at radius 3 is 2.08 bits per heavy atom. The maximum Gasteiger partial charge on any atom is 0.157 e. The average molecular weight is 525 g/mol. The first-order chi connectivity index (χ1) is 19.2. The van der Waals surface area contributed by atoms with Crippen LogP contribution in [-0.4, -0.2) is 94.6 Å². The first kappa shape index (κ1) is 26.1. The Balaban J connectivity index is 1.04. The number of para-hydroxylation sites is 2. The zero-order valence-corrected chi connectivity index (χ0v) is 23.5. The lowest BCUT2D eigenvalue weighted by molar-refractivity contribution is 0.129. The molecule has 39 heavy (non-hydrogen) atoms. The van der Waals surface area contributed by atoms with Crippen LogP contribution in [-0.2, 0) is 6.54 Å². The fraction of sp³-hybridized carbons (Fsp3) is 0.485. The van der Waals surface area contributed by atoms with Crippen molar-refractivity contribution in [1.29, 1.82) is 0 Å². The second-order valence-corrected chi connectivity index (χ2v) is 11.6. The molecule has 3 aliphatic heterocycles. The molecule has 3 aliphatic rings. The van der Waals surface area contributed by atoms with Gasteiger partial charge in [0.05, 0.1) is 16.7 Å². The number of aromatic nitrogens is 2. The van der Waals surface area contributed by atoms with Gasteiger partial charge in [-0.3, -0.25) is 4.90 Å². The predicted octanol–water partition coefficient (Wildman–Crippen LogP) is 4.99. The molecule has 2 aromatic carbocycles. The quantitative estimate of drug-likeness (QED) is 0.393. The summed E-state index contributed by atoms with van der Waals surface area (Å²) in [7, 11) is 0. The molecule has 0 saturated carbocycles. The molecule has 0 N–H and O–H groups in total. The Labute approximate surface area is 234 Å². The number of imidazole rings is 1. The number of nitrogens with zero attached hydrogens (tertiary/aromatic N) is 6. The third-order valence-corrected chi connectivity index (χ3v) is 9.15. The highest BCUT2D eigenvalue weighted by atomic mass is 15.3. The molecule has 3 saturated heterocycles.